The summed E-state index contributed by atoms with van der Waals surface area (Å²) in [4.78, 5) is 15.6. The molecule has 6 nitrogen and oxygen atoms in total. The highest BCUT2D eigenvalue weighted by Crippen LogP contribution is 2.18. The number of benzene rings is 1. The van der Waals surface area contributed by atoms with Crippen LogP contribution in [0.1, 0.15) is 29.9 Å². The van der Waals surface area contributed by atoms with Crippen LogP contribution in [0.15, 0.2) is 34.7 Å². The van der Waals surface area contributed by atoms with Crippen LogP contribution in [-0.4, -0.2) is 30.4 Å². The summed E-state index contributed by atoms with van der Waals surface area (Å²) in [6, 6.07) is 7.60. The number of anilines is 1. The Balaban J connectivity index is 1.99. The predicted molar refractivity (Wildman–Crippen MR) is 86.9 cm³/mol. The molecule has 0 bridgehead atoms. The van der Waals surface area contributed by atoms with Crippen LogP contribution in [0.3, 0.4) is 0 Å². The minimum absolute atomic E-state index is 0.277. The average molecular weight is 319 g/mol. The molecule has 0 amide bonds. The second-order valence-corrected chi connectivity index (χ2v) is 4.96. The summed E-state index contributed by atoms with van der Waals surface area (Å²) in [5.74, 6) is 0.333. The van der Waals surface area contributed by atoms with Crippen molar-refractivity contribution in [3.05, 3.63) is 40.9 Å². The maximum Gasteiger partial charge on any atom is 0.357 e. The summed E-state index contributed by atoms with van der Waals surface area (Å²) in [6.07, 6.45) is 1.65. The largest absolute Gasteiger partial charge is 0.493 e. The van der Waals surface area contributed by atoms with E-state index in [1.54, 1.807) is 18.5 Å². The van der Waals surface area contributed by atoms with E-state index in [9.17, 15) is 4.79 Å². The molecule has 0 atom stereocenters. The van der Waals surface area contributed by atoms with Gasteiger partial charge < -0.3 is 9.47 Å². The van der Waals surface area contributed by atoms with Crippen molar-refractivity contribution in [1.29, 1.82) is 0 Å². The Morgan fingerprint density at radius 1 is 1.36 bits per heavy atom. The predicted octanol–water partition coefficient (Wildman–Crippen LogP) is 3.16. The van der Waals surface area contributed by atoms with Crippen molar-refractivity contribution in [3.8, 4) is 5.75 Å². The van der Waals surface area contributed by atoms with E-state index in [1.807, 2.05) is 31.2 Å². The van der Waals surface area contributed by atoms with Gasteiger partial charge in [0.25, 0.3) is 0 Å². The molecule has 0 saturated carbocycles. The topological polar surface area (TPSA) is 72.8 Å². The molecule has 1 heterocycles. The molecular weight excluding hydrogens is 302 g/mol. The van der Waals surface area contributed by atoms with E-state index >= 15 is 0 Å². The number of hydrogen-bond donors (Lipinski definition) is 1. The zero-order chi connectivity index (χ0) is 15.8. The molecule has 1 aromatic carbocycles. The van der Waals surface area contributed by atoms with E-state index in [0.29, 0.717) is 18.3 Å². The molecule has 0 unspecified atom stereocenters. The van der Waals surface area contributed by atoms with Gasteiger partial charge in [0.05, 0.1) is 19.4 Å². The van der Waals surface area contributed by atoms with Gasteiger partial charge in [0.1, 0.15) is 5.75 Å². The van der Waals surface area contributed by atoms with Crippen LogP contribution in [0.2, 0.25) is 0 Å². The number of nitrogens with one attached hydrogen (secondary N) is 1. The number of nitrogens with zero attached hydrogens (tertiary/aromatic N) is 2. The Bertz CT molecular complexity index is 655. The summed E-state index contributed by atoms with van der Waals surface area (Å²) in [5, 5.41) is 6.26. The first kappa shape index (κ1) is 16.0. The van der Waals surface area contributed by atoms with E-state index in [4.69, 9.17) is 9.47 Å². The van der Waals surface area contributed by atoms with Crippen LogP contribution in [0.5, 0.6) is 5.75 Å². The van der Waals surface area contributed by atoms with Gasteiger partial charge in [-0.3, -0.25) is 5.43 Å². The fraction of sp³-hybridized carbons (Fsp3) is 0.267. The number of thiazole rings is 1. The average Bonchev–Trinajstić information content (AvgIpc) is 2.98. The fourth-order valence-corrected chi connectivity index (χ4v) is 2.28. The van der Waals surface area contributed by atoms with Crippen molar-refractivity contribution in [2.24, 2.45) is 5.10 Å². The summed E-state index contributed by atoms with van der Waals surface area (Å²) in [7, 11) is 0. The highest BCUT2D eigenvalue weighted by Gasteiger charge is 2.10. The molecule has 0 saturated heterocycles. The lowest BCUT2D eigenvalue weighted by Crippen LogP contribution is -2.05. The van der Waals surface area contributed by atoms with E-state index in [-0.39, 0.29) is 5.69 Å². The van der Waals surface area contributed by atoms with Crippen molar-refractivity contribution in [3.63, 3.8) is 0 Å². The number of para-hydroxylation sites is 1. The first-order valence-corrected chi connectivity index (χ1v) is 7.76. The van der Waals surface area contributed by atoms with E-state index in [2.05, 4.69) is 15.5 Å². The van der Waals surface area contributed by atoms with Crippen LogP contribution in [0.4, 0.5) is 5.13 Å². The minimum Gasteiger partial charge on any atom is -0.493 e. The molecule has 0 spiro atoms. The molecule has 1 aromatic heterocycles. The van der Waals surface area contributed by atoms with Gasteiger partial charge in [-0.05, 0) is 26.0 Å². The van der Waals surface area contributed by atoms with E-state index in [1.165, 1.54) is 11.3 Å². The van der Waals surface area contributed by atoms with Gasteiger partial charge >= 0.3 is 5.97 Å². The summed E-state index contributed by atoms with van der Waals surface area (Å²) < 4.78 is 10.4. The lowest BCUT2D eigenvalue weighted by molar-refractivity contribution is 0.0520. The van der Waals surface area contributed by atoms with Gasteiger partial charge in [-0.25, -0.2) is 9.78 Å². The van der Waals surface area contributed by atoms with Crippen LogP contribution in [-0.2, 0) is 4.74 Å². The van der Waals surface area contributed by atoms with Crippen LogP contribution in [0.25, 0.3) is 0 Å². The summed E-state index contributed by atoms with van der Waals surface area (Å²) in [5.41, 5.74) is 3.93. The van der Waals surface area contributed by atoms with E-state index < -0.39 is 5.97 Å². The first-order valence-electron chi connectivity index (χ1n) is 6.88. The smallest absolute Gasteiger partial charge is 0.357 e. The lowest BCUT2D eigenvalue weighted by Gasteiger charge is -2.05. The highest BCUT2D eigenvalue weighted by molar-refractivity contribution is 7.13. The maximum absolute atomic E-state index is 11.5. The van der Waals surface area contributed by atoms with Crippen LogP contribution in [0, 0.1) is 0 Å². The number of carbonyl (C=O) groups excluding carboxylic acids is 1. The number of esters is 1. The third-order valence-electron chi connectivity index (χ3n) is 2.57. The number of aromatic nitrogens is 1. The van der Waals surface area contributed by atoms with Gasteiger partial charge in [0, 0.05) is 10.9 Å². The minimum atomic E-state index is -0.433. The number of ether oxygens (including phenoxy) is 2. The lowest BCUT2D eigenvalue weighted by atomic mass is 10.2. The molecular formula is C15H17N3O3S. The Morgan fingerprint density at radius 3 is 2.95 bits per heavy atom. The number of rotatable bonds is 7. The molecule has 0 aliphatic heterocycles. The van der Waals surface area contributed by atoms with Gasteiger partial charge in [-0.15, -0.1) is 11.3 Å². The molecule has 0 fully saturated rings. The maximum atomic E-state index is 11.5. The van der Waals surface area contributed by atoms with Crippen molar-refractivity contribution in [1.82, 2.24) is 4.98 Å². The van der Waals surface area contributed by atoms with Crippen molar-refractivity contribution >= 4 is 28.7 Å². The molecule has 2 aromatic rings. The quantitative estimate of drug-likeness (QED) is 0.482. The Morgan fingerprint density at radius 2 is 2.18 bits per heavy atom. The first-order chi connectivity index (χ1) is 10.7. The normalized spacial score (nSPS) is 10.6. The van der Waals surface area contributed by atoms with Crippen molar-refractivity contribution in [2.45, 2.75) is 13.8 Å². The Kier molecular flexibility index (Phi) is 5.91. The molecule has 2 rings (SSSR count). The second kappa shape index (κ2) is 8.14. The number of carbonyl (C=O) groups is 1. The SMILES string of the molecule is CCOC(=O)c1csc(N/N=C/c2ccccc2OCC)n1. The number of hydrazone groups is 1. The van der Waals surface area contributed by atoms with Gasteiger partial charge in [0.15, 0.2) is 5.69 Å². The second-order valence-electron chi connectivity index (χ2n) is 4.10. The highest BCUT2D eigenvalue weighted by atomic mass is 32.1. The monoisotopic (exact) mass is 319 g/mol. The molecule has 0 aliphatic carbocycles. The van der Waals surface area contributed by atoms with Crippen LogP contribution < -0.4 is 10.2 Å². The molecule has 1 N–H and O–H groups in total. The standard InChI is InChI=1S/C15H17N3O3S/c1-3-20-13-8-6-5-7-11(13)9-16-18-15-17-12(10-22-15)14(19)21-4-2/h5-10H,3-4H2,1-2H3,(H,17,18)/b16-9+. The van der Waals surface area contributed by atoms with E-state index in [0.717, 1.165) is 11.3 Å². The molecule has 22 heavy (non-hydrogen) atoms. The number of hydrogen-bond acceptors (Lipinski definition) is 7. The Hall–Kier alpha value is -2.41. The van der Waals surface area contributed by atoms with Crippen LogP contribution >= 0.6 is 11.3 Å². The van der Waals surface area contributed by atoms with Crippen molar-refractivity contribution < 1.29 is 14.3 Å². The third-order valence-corrected chi connectivity index (χ3v) is 3.32. The summed E-state index contributed by atoms with van der Waals surface area (Å²) in [6.45, 7) is 4.60. The zero-order valence-corrected chi connectivity index (χ0v) is 13.2. The molecule has 0 aliphatic rings. The van der Waals surface area contributed by atoms with Crippen molar-refractivity contribution in [2.75, 3.05) is 18.6 Å². The zero-order valence-electron chi connectivity index (χ0n) is 12.4. The Labute approximate surface area is 132 Å². The molecule has 0 radical (unpaired) electrons. The summed E-state index contributed by atoms with van der Waals surface area (Å²) >= 11 is 1.29. The third kappa shape index (κ3) is 4.29. The van der Waals surface area contributed by atoms with Gasteiger partial charge in [-0.1, -0.05) is 12.1 Å². The fourth-order valence-electron chi connectivity index (χ4n) is 1.66. The van der Waals surface area contributed by atoms with Gasteiger partial charge in [0.2, 0.25) is 5.13 Å². The van der Waals surface area contributed by atoms with Gasteiger partial charge in [-0.2, -0.15) is 5.10 Å². The molecule has 116 valence electrons. The molecule has 7 heteroatoms.